The third-order valence-corrected chi connectivity index (χ3v) is 12.1. The van der Waals surface area contributed by atoms with Crippen molar-refractivity contribution < 1.29 is 18.8 Å². The maximum Gasteiger partial charge on any atom is 0.416 e. The van der Waals surface area contributed by atoms with Crippen molar-refractivity contribution in [3.8, 4) is 0 Å². The second kappa shape index (κ2) is 8.95. The zero-order valence-corrected chi connectivity index (χ0v) is 22.8. The molecule has 2 heterocycles. The Kier molecular flexibility index (Phi) is 6.44. The first-order chi connectivity index (χ1) is 16.4. The molecule has 0 saturated heterocycles. The molecule has 0 spiro atoms. The summed E-state index contributed by atoms with van der Waals surface area (Å²) in [5.41, 5.74) is 4.93. The van der Waals surface area contributed by atoms with Gasteiger partial charge in [0, 0.05) is 5.69 Å². The summed E-state index contributed by atoms with van der Waals surface area (Å²) in [5.74, 6) is -0.124. The van der Waals surface area contributed by atoms with Crippen molar-refractivity contribution in [3.63, 3.8) is 0 Å². The smallest absolute Gasteiger partial charge is 0.416 e. The fourth-order valence-electron chi connectivity index (χ4n) is 4.52. The van der Waals surface area contributed by atoms with E-state index in [0.29, 0.717) is 17.7 Å². The zero-order chi connectivity index (χ0) is 25.7. The Hall–Kier alpha value is -2.90. The predicted molar refractivity (Wildman–Crippen MR) is 143 cm³/mol. The molecule has 7 heteroatoms. The number of rotatable bonds is 4. The van der Waals surface area contributed by atoms with Gasteiger partial charge in [-0.2, -0.15) is 0 Å². The molecular formula is C28H36N2O4Si. The van der Waals surface area contributed by atoms with E-state index in [0.717, 1.165) is 22.4 Å². The lowest BCUT2D eigenvalue weighted by molar-refractivity contribution is 0.0929. The topological polar surface area (TPSA) is 59.1 Å². The SMILES string of the molecule is C=CCOC(=O)N1c2cc(C)c(C)cc2C(=O)N2c3ccccc3C[C@H]2C1O[Si](C)(C)C(C)(C)C. The van der Waals surface area contributed by atoms with Crippen LogP contribution in [0.5, 0.6) is 0 Å². The standard InChI is InChI=1S/C28H36N2O4Si/c1-9-14-33-27(32)30-23-16-19(3)18(2)15-21(23)25(31)29-22-13-11-10-12-20(22)17-24(29)26(30)34-35(7,8)28(4,5)6/h9-13,15-16,24,26H,1,14,17H2,2-8H3/t24-,26?/m0/s1. The molecular weight excluding hydrogens is 456 g/mol. The first kappa shape index (κ1) is 25.2. The van der Waals surface area contributed by atoms with E-state index in [1.807, 2.05) is 55.1 Å². The molecule has 0 aromatic heterocycles. The molecule has 2 atom stereocenters. The second-order valence-corrected chi connectivity index (χ2v) is 15.8. The molecule has 2 aromatic carbocycles. The number of anilines is 2. The van der Waals surface area contributed by atoms with Crippen molar-refractivity contribution in [1.82, 2.24) is 0 Å². The van der Waals surface area contributed by atoms with Crippen LogP contribution in [-0.4, -0.2) is 39.2 Å². The van der Waals surface area contributed by atoms with E-state index in [2.05, 4.69) is 40.4 Å². The van der Waals surface area contributed by atoms with Crippen molar-refractivity contribution in [1.29, 1.82) is 0 Å². The molecule has 2 aliphatic heterocycles. The number of amides is 2. The minimum atomic E-state index is -2.37. The van der Waals surface area contributed by atoms with E-state index in [1.165, 1.54) is 0 Å². The van der Waals surface area contributed by atoms with Gasteiger partial charge in [0.05, 0.1) is 17.3 Å². The van der Waals surface area contributed by atoms with E-state index < -0.39 is 20.6 Å². The Bertz CT molecular complexity index is 1180. The summed E-state index contributed by atoms with van der Waals surface area (Å²) in [6.07, 6.45) is 0.902. The van der Waals surface area contributed by atoms with Gasteiger partial charge in [0.1, 0.15) is 6.61 Å². The van der Waals surface area contributed by atoms with Gasteiger partial charge in [0.15, 0.2) is 14.5 Å². The lowest BCUT2D eigenvalue weighted by Gasteiger charge is -2.44. The number of hydrogen-bond donors (Lipinski definition) is 0. The molecule has 0 aliphatic carbocycles. The highest BCUT2D eigenvalue weighted by atomic mass is 28.4. The molecule has 35 heavy (non-hydrogen) atoms. The number of benzene rings is 2. The number of hydrogen-bond acceptors (Lipinski definition) is 4. The van der Waals surface area contributed by atoms with Gasteiger partial charge in [-0.3, -0.25) is 4.79 Å². The van der Waals surface area contributed by atoms with Crippen LogP contribution in [0.1, 0.15) is 47.8 Å². The first-order valence-electron chi connectivity index (χ1n) is 12.1. The van der Waals surface area contributed by atoms with Crippen LogP contribution in [0.4, 0.5) is 16.2 Å². The van der Waals surface area contributed by atoms with Crippen molar-refractivity contribution in [2.75, 3.05) is 16.4 Å². The molecule has 2 aliphatic rings. The Morgan fingerprint density at radius 2 is 1.80 bits per heavy atom. The van der Waals surface area contributed by atoms with Crippen LogP contribution in [0.3, 0.4) is 0 Å². The van der Waals surface area contributed by atoms with Gasteiger partial charge in [0.2, 0.25) is 0 Å². The molecule has 0 N–H and O–H groups in total. The molecule has 0 radical (unpaired) electrons. The molecule has 0 fully saturated rings. The number of carbonyl (C=O) groups excluding carboxylic acids is 2. The third kappa shape index (κ3) is 4.32. The summed E-state index contributed by atoms with van der Waals surface area (Å²) >= 11 is 0. The molecule has 2 aromatic rings. The Morgan fingerprint density at radius 1 is 1.14 bits per heavy atom. The minimum Gasteiger partial charge on any atom is -0.445 e. The van der Waals surface area contributed by atoms with Crippen molar-refractivity contribution >= 4 is 31.7 Å². The lowest BCUT2D eigenvalue weighted by Crippen LogP contribution is -2.59. The van der Waals surface area contributed by atoms with Crippen LogP contribution < -0.4 is 9.80 Å². The molecule has 4 rings (SSSR count). The lowest BCUT2D eigenvalue weighted by atomic mass is 10.0. The summed E-state index contributed by atoms with van der Waals surface area (Å²) in [6.45, 7) is 18.6. The van der Waals surface area contributed by atoms with E-state index in [-0.39, 0.29) is 23.6 Å². The van der Waals surface area contributed by atoms with Gasteiger partial charge in [0.25, 0.3) is 5.91 Å². The quantitative estimate of drug-likeness (QED) is 0.368. The summed E-state index contributed by atoms with van der Waals surface area (Å²) < 4.78 is 12.6. The summed E-state index contributed by atoms with van der Waals surface area (Å²) in [5, 5.41) is -0.0949. The van der Waals surface area contributed by atoms with Gasteiger partial charge < -0.3 is 14.1 Å². The summed E-state index contributed by atoms with van der Waals surface area (Å²) in [6, 6.07) is 11.4. The van der Waals surface area contributed by atoms with Crippen molar-refractivity contribution in [2.24, 2.45) is 0 Å². The Morgan fingerprint density at radius 3 is 2.46 bits per heavy atom. The number of para-hydroxylation sites is 1. The molecule has 0 saturated carbocycles. The van der Waals surface area contributed by atoms with Gasteiger partial charge >= 0.3 is 6.09 Å². The van der Waals surface area contributed by atoms with Crippen LogP contribution in [0.15, 0.2) is 49.1 Å². The minimum absolute atomic E-state index is 0.0743. The van der Waals surface area contributed by atoms with Gasteiger partial charge in [-0.25, -0.2) is 9.69 Å². The number of carbonyl (C=O) groups is 2. The van der Waals surface area contributed by atoms with E-state index in [4.69, 9.17) is 9.16 Å². The highest BCUT2D eigenvalue weighted by molar-refractivity contribution is 6.74. The van der Waals surface area contributed by atoms with E-state index >= 15 is 0 Å². The monoisotopic (exact) mass is 492 g/mol. The first-order valence-corrected chi connectivity index (χ1v) is 15.1. The number of ether oxygens (including phenoxy) is 1. The fourth-order valence-corrected chi connectivity index (χ4v) is 5.74. The Balaban J connectivity index is 1.97. The van der Waals surface area contributed by atoms with Crippen LogP contribution in [0, 0.1) is 13.8 Å². The summed E-state index contributed by atoms with van der Waals surface area (Å²) in [7, 11) is -2.37. The number of nitrogens with zero attached hydrogens (tertiary/aromatic N) is 2. The second-order valence-electron chi connectivity index (χ2n) is 11.0. The van der Waals surface area contributed by atoms with E-state index in [9.17, 15) is 9.59 Å². The highest BCUT2D eigenvalue weighted by Crippen LogP contribution is 2.45. The maximum absolute atomic E-state index is 14.1. The fraction of sp³-hybridized carbons (Fsp3) is 0.429. The normalized spacial score (nSPS) is 19.6. The number of fused-ring (bicyclic) bond motifs is 4. The molecule has 6 nitrogen and oxygen atoms in total. The van der Waals surface area contributed by atoms with Gasteiger partial charge in [-0.1, -0.05) is 51.6 Å². The van der Waals surface area contributed by atoms with Crippen LogP contribution in [-0.2, 0) is 15.6 Å². The molecule has 1 unspecified atom stereocenters. The van der Waals surface area contributed by atoms with Gasteiger partial charge in [-0.05, 0) is 73.3 Å². The zero-order valence-electron chi connectivity index (χ0n) is 21.8. The van der Waals surface area contributed by atoms with E-state index in [1.54, 1.807) is 11.0 Å². The van der Waals surface area contributed by atoms with Crippen LogP contribution >= 0.6 is 0 Å². The van der Waals surface area contributed by atoms with Gasteiger partial charge in [-0.15, -0.1) is 0 Å². The third-order valence-electron chi connectivity index (χ3n) is 7.66. The van der Waals surface area contributed by atoms with Crippen molar-refractivity contribution in [3.05, 3.63) is 71.3 Å². The average molecular weight is 493 g/mol. The number of aryl methyl sites for hydroxylation is 2. The largest absolute Gasteiger partial charge is 0.445 e. The maximum atomic E-state index is 14.1. The predicted octanol–water partition coefficient (Wildman–Crippen LogP) is 6.37. The molecule has 2 amide bonds. The van der Waals surface area contributed by atoms with Crippen LogP contribution in [0.2, 0.25) is 18.1 Å². The summed E-state index contributed by atoms with van der Waals surface area (Å²) in [4.78, 5) is 31.2. The molecule has 186 valence electrons. The average Bonchev–Trinajstić information content (AvgIpc) is 3.13. The highest BCUT2D eigenvalue weighted by Gasteiger charge is 2.51. The van der Waals surface area contributed by atoms with Crippen molar-refractivity contribution in [2.45, 2.75) is 71.4 Å². The molecule has 0 bridgehead atoms. The Labute approximate surface area is 209 Å². The van der Waals surface area contributed by atoms with Crippen LogP contribution in [0.25, 0.3) is 0 Å².